The highest BCUT2D eigenvalue weighted by atomic mass is 32.2. The Morgan fingerprint density at radius 2 is 1.55 bits per heavy atom. The lowest BCUT2D eigenvalue weighted by Gasteiger charge is -2.12. The quantitative estimate of drug-likeness (QED) is 0.413. The molecule has 0 saturated carbocycles. The van der Waals surface area contributed by atoms with E-state index in [1.165, 1.54) is 12.1 Å². The van der Waals surface area contributed by atoms with Gasteiger partial charge in [-0.25, -0.2) is 12.8 Å². The van der Waals surface area contributed by atoms with Crippen LogP contribution in [0.25, 0.3) is 11.3 Å². The zero-order valence-corrected chi connectivity index (χ0v) is 18.7. The fraction of sp³-hybridized carbons (Fsp3) is 0.115. The Kier molecular flexibility index (Phi) is 6.16. The molecule has 0 spiro atoms. The topological polar surface area (TPSA) is 76.4 Å². The van der Waals surface area contributed by atoms with Crippen molar-refractivity contribution in [2.75, 3.05) is 0 Å². The van der Waals surface area contributed by atoms with Crippen LogP contribution in [0.5, 0.6) is 0 Å². The summed E-state index contributed by atoms with van der Waals surface area (Å²) in [6, 6.07) is 22.8. The van der Waals surface area contributed by atoms with Gasteiger partial charge in [-0.3, -0.25) is 4.79 Å². The van der Waals surface area contributed by atoms with Crippen molar-refractivity contribution in [2.45, 2.75) is 29.7 Å². The van der Waals surface area contributed by atoms with Crippen LogP contribution >= 0.6 is 0 Å². The van der Waals surface area contributed by atoms with Gasteiger partial charge in [-0.15, -0.1) is 0 Å². The highest BCUT2D eigenvalue weighted by molar-refractivity contribution is 7.91. The van der Waals surface area contributed by atoms with Crippen molar-refractivity contribution in [3.8, 4) is 11.3 Å². The molecular weight excluding hydrogens is 441 g/mol. The average Bonchev–Trinajstić information content (AvgIpc) is 3.10. The lowest BCUT2D eigenvalue weighted by atomic mass is 10.0. The van der Waals surface area contributed by atoms with Crippen LogP contribution in [0.1, 0.15) is 16.8 Å². The smallest absolute Gasteiger partial charge is 0.323 e. The second kappa shape index (κ2) is 9.03. The summed E-state index contributed by atoms with van der Waals surface area (Å²) < 4.78 is 41.6. The fourth-order valence-electron chi connectivity index (χ4n) is 3.92. The molecule has 0 aliphatic rings. The largest absolute Gasteiger partial charge is 0.480 e. The summed E-state index contributed by atoms with van der Waals surface area (Å²) in [6.07, 6.45) is 0.300. The van der Waals surface area contributed by atoms with Crippen molar-refractivity contribution >= 4 is 15.8 Å². The number of nitrogens with zero attached hydrogens (tertiary/aromatic N) is 1. The number of sulfone groups is 1. The molecule has 0 unspecified atom stereocenters. The molecule has 0 amide bonds. The molecule has 168 valence electrons. The number of hydrogen-bond donors (Lipinski definition) is 1. The summed E-state index contributed by atoms with van der Waals surface area (Å²) in [6.45, 7) is 1.54. The summed E-state index contributed by atoms with van der Waals surface area (Å²) in [5.41, 5.74) is 3.43. The highest BCUT2D eigenvalue weighted by Crippen LogP contribution is 2.31. The van der Waals surface area contributed by atoms with Crippen molar-refractivity contribution < 1.29 is 22.7 Å². The molecule has 4 rings (SSSR count). The number of carboxylic acid groups (broad SMARTS) is 1. The second-order valence-corrected chi connectivity index (χ2v) is 9.65. The molecule has 3 aromatic carbocycles. The van der Waals surface area contributed by atoms with Crippen molar-refractivity contribution in [2.24, 2.45) is 0 Å². The predicted octanol–water partition coefficient (Wildman–Crippen LogP) is 5.11. The van der Waals surface area contributed by atoms with Gasteiger partial charge in [0, 0.05) is 17.8 Å². The molecule has 0 bridgehead atoms. The number of carboxylic acids is 1. The van der Waals surface area contributed by atoms with Crippen LogP contribution in [0.2, 0.25) is 0 Å². The number of rotatable bonds is 7. The van der Waals surface area contributed by atoms with Gasteiger partial charge in [0.15, 0.2) is 0 Å². The van der Waals surface area contributed by atoms with Crippen LogP contribution in [0, 0.1) is 12.7 Å². The number of carbonyl (C=O) groups is 1. The average molecular weight is 464 g/mol. The van der Waals surface area contributed by atoms with Gasteiger partial charge in [0.1, 0.15) is 12.4 Å². The Labute approximate surface area is 191 Å². The first kappa shape index (κ1) is 22.5. The molecule has 5 nitrogen and oxygen atoms in total. The van der Waals surface area contributed by atoms with E-state index in [0.717, 1.165) is 5.56 Å². The second-order valence-electron chi connectivity index (χ2n) is 7.73. The van der Waals surface area contributed by atoms with E-state index < -0.39 is 15.8 Å². The van der Waals surface area contributed by atoms with Gasteiger partial charge in [0.05, 0.1) is 9.79 Å². The molecule has 0 atom stereocenters. The Hall–Kier alpha value is -3.71. The van der Waals surface area contributed by atoms with Crippen LogP contribution in [-0.4, -0.2) is 24.1 Å². The third-order valence-electron chi connectivity index (χ3n) is 5.60. The Morgan fingerprint density at radius 1 is 0.909 bits per heavy atom. The summed E-state index contributed by atoms with van der Waals surface area (Å²) >= 11 is 0. The summed E-state index contributed by atoms with van der Waals surface area (Å²) in [5.74, 6) is -1.39. The SMILES string of the molecule is Cc1c(Cc2ccccc2S(=O)(=O)c2ccccc2)cc(-c2ccc(F)cc2)n1CC(=O)O. The maximum Gasteiger partial charge on any atom is 0.323 e. The van der Waals surface area contributed by atoms with E-state index in [1.54, 1.807) is 78.2 Å². The monoisotopic (exact) mass is 463 g/mol. The van der Waals surface area contributed by atoms with Crippen LogP contribution in [0.4, 0.5) is 4.39 Å². The van der Waals surface area contributed by atoms with E-state index in [2.05, 4.69) is 0 Å². The normalized spacial score (nSPS) is 11.5. The van der Waals surface area contributed by atoms with Crippen molar-refractivity contribution in [1.29, 1.82) is 0 Å². The zero-order valence-electron chi connectivity index (χ0n) is 17.9. The van der Waals surface area contributed by atoms with Gasteiger partial charge in [-0.1, -0.05) is 36.4 Å². The maximum atomic E-state index is 13.4. The summed E-state index contributed by atoms with van der Waals surface area (Å²) in [7, 11) is -3.72. The molecule has 0 fully saturated rings. The van der Waals surface area contributed by atoms with Crippen LogP contribution in [-0.2, 0) is 27.6 Å². The molecule has 33 heavy (non-hydrogen) atoms. The Morgan fingerprint density at radius 3 is 2.21 bits per heavy atom. The van der Waals surface area contributed by atoms with Crippen LogP contribution in [0.3, 0.4) is 0 Å². The standard InChI is InChI=1S/C26H22FNO4S/c1-18-21(16-24(28(18)17-26(29)30)19-11-13-22(27)14-12-19)15-20-7-5-6-10-25(20)33(31,32)23-8-3-2-4-9-23/h2-14,16H,15,17H2,1H3,(H,29,30). The van der Waals surface area contributed by atoms with Crippen molar-refractivity contribution in [3.05, 3.63) is 108 Å². The number of aromatic nitrogens is 1. The Balaban J connectivity index is 1.80. The molecule has 7 heteroatoms. The van der Waals surface area contributed by atoms with Crippen LogP contribution < -0.4 is 0 Å². The number of aliphatic carboxylic acids is 1. The van der Waals surface area contributed by atoms with Gasteiger partial charge in [0.2, 0.25) is 9.84 Å². The Bertz CT molecular complexity index is 1410. The van der Waals surface area contributed by atoms with Gasteiger partial charge >= 0.3 is 5.97 Å². The first-order chi connectivity index (χ1) is 15.8. The van der Waals surface area contributed by atoms with E-state index in [4.69, 9.17) is 0 Å². The molecule has 0 aliphatic carbocycles. The predicted molar refractivity (Wildman–Crippen MR) is 123 cm³/mol. The van der Waals surface area contributed by atoms with Gasteiger partial charge in [-0.05, 0) is 72.1 Å². The minimum absolute atomic E-state index is 0.213. The lowest BCUT2D eigenvalue weighted by Crippen LogP contribution is -2.12. The fourth-order valence-corrected chi connectivity index (χ4v) is 5.44. The minimum atomic E-state index is -3.72. The highest BCUT2D eigenvalue weighted by Gasteiger charge is 2.22. The minimum Gasteiger partial charge on any atom is -0.480 e. The maximum absolute atomic E-state index is 13.4. The lowest BCUT2D eigenvalue weighted by molar-refractivity contribution is -0.137. The number of halogens is 1. The van der Waals surface area contributed by atoms with Gasteiger partial charge < -0.3 is 9.67 Å². The first-order valence-electron chi connectivity index (χ1n) is 10.3. The van der Waals surface area contributed by atoms with Crippen molar-refractivity contribution in [1.82, 2.24) is 4.57 Å². The third-order valence-corrected chi connectivity index (χ3v) is 7.47. The van der Waals surface area contributed by atoms with E-state index in [9.17, 15) is 22.7 Å². The van der Waals surface area contributed by atoms with Crippen molar-refractivity contribution in [3.63, 3.8) is 0 Å². The van der Waals surface area contributed by atoms with E-state index in [1.807, 2.05) is 6.07 Å². The molecule has 0 aliphatic heterocycles. The molecule has 4 aromatic rings. The molecule has 1 heterocycles. The number of hydrogen-bond acceptors (Lipinski definition) is 3. The van der Waals surface area contributed by atoms with E-state index in [0.29, 0.717) is 28.9 Å². The molecule has 0 radical (unpaired) electrons. The summed E-state index contributed by atoms with van der Waals surface area (Å²) in [4.78, 5) is 11.9. The zero-order chi connectivity index (χ0) is 23.6. The van der Waals surface area contributed by atoms with E-state index in [-0.39, 0.29) is 22.2 Å². The molecule has 1 N–H and O–H groups in total. The molecule has 1 aromatic heterocycles. The third kappa shape index (κ3) is 4.59. The molecular formula is C26H22FNO4S. The number of benzene rings is 3. The molecule has 0 saturated heterocycles. The van der Waals surface area contributed by atoms with Gasteiger partial charge in [0.25, 0.3) is 0 Å². The van der Waals surface area contributed by atoms with Crippen LogP contribution in [0.15, 0.2) is 94.7 Å². The first-order valence-corrected chi connectivity index (χ1v) is 11.8. The van der Waals surface area contributed by atoms with E-state index >= 15 is 0 Å². The van der Waals surface area contributed by atoms with Gasteiger partial charge in [-0.2, -0.15) is 0 Å². The summed E-state index contributed by atoms with van der Waals surface area (Å²) in [5, 5.41) is 9.42.